The summed E-state index contributed by atoms with van der Waals surface area (Å²) in [4.78, 5) is 24.2. The number of hydrogen-bond acceptors (Lipinski definition) is 2. The van der Waals surface area contributed by atoms with Gasteiger partial charge in [-0.1, -0.05) is 13.3 Å². The van der Waals surface area contributed by atoms with E-state index in [-0.39, 0.29) is 5.91 Å². The maximum atomic E-state index is 11.7. The molecule has 1 aliphatic heterocycles. The Balaban J connectivity index is 2.55. The molecule has 1 amide bonds. The SMILES string of the molecule is CCCCC(=O)N1CCCC[C@H]1C(=O)O. The number of piperidine rings is 1. The average Bonchev–Trinajstić information content (AvgIpc) is 2.25. The number of rotatable bonds is 4. The number of carboxylic acids is 1. The molecule has 1 aliphatic rings. The number of unbranched alkanes of at least 4 members (excludes halogenated alkanes) is 1. The zero-order valence-corrected chi connectivity index (χ0v) is 9.24. The summed E-state index contributed by atoms with van der Waals surface area (Å²) in [7, 11) is 0. The molecule has 0 aromatic carbocycles. The summed E-state index contributed by atoms with van der Waals surface area (Å²) in [6.45, 7) is 2.64. The van der Waals surface area contributed by atoms with Crippen molar-refractivity contribution in [3.63, 3.8) is 0 Å². The van der Waals surface area contributed by atoms with Crippen molar-refractivity contribution in [2.24, 2.45) is 0 Å². The zero-order chi connectivity index (χ0) is 11.3. The highest BCUT2D eigenvalue weighted by Gasteiger charge is 2.31. The van der Waals surface area contributed by atoms with E-state index in [1.54, 1.807) is 4.90 Å². The molecule has 0 bridgehead atoms. The molecule has 0 unspecified atom stereocenters. The van der Waals surface area contributed by atoms with E-state index in [2.05, 4.69) is 0 Å². The second-order valence-electron chi connectivity index (χ2n) is 4.04. The Hall–Kier alpha value is -1.06. The predicted molar refractivity (Wildman–Crippen MR) is 56.5 cm³/mol. The maximum absolute atomic E-state index is 11.7. The molecule has 0 aromatic rings. The van der Waals surface area contributed by atoms with E-state index in [0.717, 1.165) is 25.7 Å². The number of likely N-dealkylation sites (tertiary alicyclic amines) is 1. The topological polar surface area (TPSA) is 57.6 Å². The van der Waals surface area contributed by atoms with Crippen molar-refractivity contribution >= 4 is 11.9 Å². The number of carbonyl (C=O) groups is 2. The lowest BCUT2D eigenvalue weighted by Crippen LogP contribution is -2.47. The normalized spacial score (nSPS) is 21.4. The van der Waals surface area contributed by atoms with E-state index in [1.165, 1.54) is 0 Å². The first kappa shape index (κ1) is 12.0. The smallest absolute Gasteiger partial charge is 0.326 e. The molecular formula is C11H19NO3. The lowest BCUT2D eigenvalue weighted by Gasteiger charge is -2.33. The highest BCUT2D eigenvalue weighted by Crippen LogP contribution is 2.18. The molecule has 0 saturated carbocycles. The van der Waals surface area contributed by atoms with Crippen LogP contribution in [0.2, 0.25) is 0 Å². The van der Waals surface area contributed by atoms with Crippen molar-refractivity contribution < 1.29 is 14.7 Å². The first-order chi connectivity index (χ1) is 7.16. The maximum Gasteiger partial charge on any atom is 0.326 e. The van der Waals surface area contributed by atoms with Crippen LogP contribution in [0.25, 0.3) is 0 Å². The summed E-state index contributed by atoms with van der Waals surface area (Å²) in [5.41, 5.74) is 0. The second kappa shape index (κ2) is 5.73. The minimum absolute atomic E-state index is 0.00366. The highest BCUT2D eigenvalue weighted by atomic mass is 16.4. The van der Waals surface area contributed by atoms with Crippen LogP contribution in [-0.4, -0.2) is 34.5 Å². The molecule has 1 atom stereocenters. The van der Waals surface area contributed by atoms with Gasteiger partial charge in [-0.2, -0.15) is 0 Å². The van der Waals surface area contributed by atoms with Crippen molar-refractivity contribution in [3.8, 4) is 0 Å². The van der Waals surface area contributed by atoms with Crippen molar-refractivity contribution in [1.29, 1.82) is 0 Å². The van der Waals surface area contributed by atoms with Gasteiger partial charge in [0.1, 0.15) is 6.04 Å². The fourth-order valence-corrected chi connectivity index (χ4v) is 1.96. The Morgan fingerprint density at radius 2 is 2.13 bits per heavy atom. The molecule has 0 aromatic heterocycles. The summed E-state index contributed by atoms with van der Waals surface area (Å²) in [5, 5.41) is 8.99. The van der Waals surface area contributed by atoms with Gasteiger partial charge in [0.15, 0.2) is 0 Å². The second-order valence-corrected chi connectivity index (χ2v) is 4.04. The lowest BCUT2D eigenvalue weighted by molar-refractivity contribution is -0.152. The van der Waals surface area contributed by atoms with E-state index >= 15 is 0 Å². The monoisotopic (exact) mass is 213 g/mol. The molecule has 1 saturated heterocycles. The van der Waals surface area contributed by atoms with Crippen LogP contribution in [-0.2, 0) is 9.59 Å². The van der Waals surface area contributed by atoms with Crippen molar-refractivity contribution in [3.05, 3.63) is 0 Å². The Kier molecular flexibility index (Phi) is 4.59. The quantitative estimate of drug-likeness (QED) is 0.772. The van der Waals surface area contributed by atoms with Crippen LogP contribution in [0.1, 0.15) is 45.4 Å². The van der Waals surface area contributed by atoms with Crippen LogP contribution in [0.5, 0.6) is 0 Å². The summed E-state index contributed by atoms with van der Waals surface area (Å²) < 4.78 is 0. The van der Waals surface area contributed by atoms with Crippen LogP contribution in [0.15, 0.2) is 0 Å². The van der Waals surface area contributed by atoms with Gasteiger partial charge in [-0.3, -0.25) is 4.79 Å². The standard InChI is InChI=1S/C11H19NO3/c1-2-3-7-10(13)12-8-5-4-6-9(12)11(14)15/h9H,2-8H2,1H3,(H,14,15)/t9-/m0/s1. The summed E-state index contributed by atoms with van der Waals surface area (Å²) in [6.07, 6.45) is 4.75. The van der Waals surface area contributed by atoms with Crippen LogP contribution < -0.4 is 0 Å². The Morgan fingerprint density at radius 1 is 1.40 bits per heavy atom. The Bertz CT molecular complexity index is 240. The van der Waals surface area contributed by atoms with Crippen LogP contribution >= 0.6 is 0 Å². The fraction of sp³-hybridized carbons (Fsp3) is 0.818. The van der Waals surface area contributed by atoms with Gasteiger partial charge in [-0.15, -0.1) is 0 Å². The summed E-state index contributed by atoms with van der Waals surface area (Å²) in [5.74, 6) is -0.858. The van der Waals surface area contributed by atoms with E-state index in [9.17, 15) is 9.59 Å². The van der Waals surface area contributed by atoms with Gasteiger partial charge < -0.3 is 10.0 Å². The van der Waals surface area contributed by atoms with Gasteiger partial charge in [-0.25, -0.2) is 4.79 Å². The van der Waals surface area contributed by atoms with E-state index in [0.29, 0.717) is 19.4 Å². The van der Waals surface area contributed by atoms with Gasteiger partial charge in [0.2, 0.25) is 5.91 Å². The Labute approximate surface area is 90.3 Å². The number of nitrogens with zero attached hydrogens (tertiary/aromatic N) is 1. The summed E-state index contributed by atoms with van der Waals surface area (Å²) >= 11 is 0. The molecular weight excluding hydrogens is 194 g/mol. The third-order valence-corrected chi connectivity index (χ3v) is 2.85. The van der Waals surface area contributed by atoms with Crippen LogP contribution in [0, 0.1) is 0 Å². The largest absolute Gasteiger partial charge is 0.480 e. The molecule has 4 heteroatoms. The molecule has 1 rings (SSSR count). The van der Waals surface area contributed by atoms with Crippen molar-refractivity contribution in [2.75, 3.05) is 6.54 Å². The minimum Gasteiger partial charge on any atom is -0.480 e. The predicted octanol–water partition coefficient (Wildman–Crippen LogP) is 1.64. The van der Waals surface area contributed by atoms with E-state index < -0.39 is 12.0 Å². The van der Waals surface area contributed by atoms with Gasteiger partial charge >= 0.3 is 5.97 Å². The zero-order valence-electron chi connectivity index (χ0n) is 9.24. The average molecular weight is 213 g/mol. The fourth-order valence-electron chi connectivity index (χ4n) is 1.96. The van der Waals surface area contributed by atoms with Gasteiger partial charge in [-0.05, 0) is 25.7 Å². The molecule has 0 radical (unpaired) electrons. The number of aliphatic carboxylic acids is 1. The minimum atomic E-state index is -0.862. The van der Waals surface area contributed by atoms with Crippen molar-refractivity contribution in [2.45, 2.75) is 51.5 Å². The van der Waals surface area contributed by atoms with Crippen molar-refractivity contribution in [1.82, 2.24) is 4.90 Å². The first-order valence-corrected chi connectivity index (χ1v) is 5.69. The van der Waals surface area contributed by atoms with Crippen LogP contribution in [0.4, 0.5) is 0 Å². The summed E-state index contributed by atoms with van der Waals surface area (Å²) in [6, 6.07) is -0.580. The Morgan fingerprint density at radius 3 is 2.73 bits per heavy atom. The first-order valence-electron chi connectivity index (χ1n) is 5.69. The van der Waals surface area contributed by atoms with Gasteiger partial charge in [0, 0.05) is 13.0 Å². The third-order valence-electron chi connectivity index (χ3n) is 2.85. The molecule has 1 fully saturated rings. The van der Waals surface area contributed by atoms with Gasteiger partial charge in [0.25, 0.3) is 0 Å². The molecule has 1 N–H and O–H groups in total. The molecule has 1 heterocycles. The van der Waals surface area contributed by atoms with E-state index in [1.807, 2.05) is 6.92 Å². The molecule has 0 aliphatic carbocycles. The molecule has 4 nitrogen and oxygen atoms in total. The molecule has 86 valence electrons. The van der Waals surface area contributed by atoms with Crippen LogP contribution in [0.3, 0.4) is 0 Å². The van der Waals surface area contributed by atoms with Gasteiger partial charge in [0.05, 0.1) is 0 Å². The number of carbonyl (C=O) groups excluding carboxylic acids is 1. The molecule has 0 spiro atoms. The third kappa shape index (κ3) is 3.22. The number of amides is 1. The van der Waals surface area contributed by atoms with E-state index in [4.69, 9.17) is 5.11 Å². The number of hydrogen-bond donors (Lipinski definition) is 1. The lowest BCUT2D eigenvalue weighted by atomic mass is 10.0. The number of carboxylic acid groups (broad SMARTS) is 1. The highest BCUT2D eigenvalue weighted by molar-refractivity contribution is 5.83. The molecule has 15 heavy (non-hydrogen) atoms.